The topological polar surface area (TPSA) is 119 Å². The number of amides is 2. The second kappa shape index (κ2) is 6.32. The first kappa shape index (κ1) is 14.9. The molecule has 0 aromatic heterocycles. The zero-order chi connectivity index (χ0) is 14.7. The van der Waals surface area contributed by atoms with Gasteiger partial charge in [0.1, 0.15) is 12.3 Å². The SMILES string of the molecule is NCC(=O)NC1C(=O)N2C(C=O)CCC2CCC1CN. The van der Waals surface area contributed by atoms with Crippen molar-refractivity contribution < 1.29 is 14.4 Å². The summed E-state index contributed by atoms with van der Waals surface area (Å²) in [4.78, 5) is 37.0. The fourth-order valence-electron chi connectivity index (χ4n) is 3.27. The van der Waals surface area contributed by atoms with Gasteiger partial charge in [0.05, 0.1) is 12.6 Å². The third-order valence-electron chi connectivity index (χ3n) is 4.37. The van der Waals surface area contributed by atoms with Crippen molar-refractivity contribution in [3.63, 3.8) is 0 Å². The highest BCUT2D eigenvalue weighted by atomic mass is 16.2. The summed E-state index contributed by atoms with van der Waals surface area (Å²) >= 11 is 0. The Kier molecular flexibility index (Phi) is 4.72. The number of fused-ring (bicyclic) bond motifs is 1. The average molecular weight is 282 g/mol. The van der Waals surface area contributed by atoms with Crippen molar-refractivity contribution in [2.75, 3.05) is 13.1 Å². The van der Waals surface area contributed by atoms with Gasteiger partial charge < -0.3 is 26.5 Å². The molecule has 20 heavy (non-hydrogen) atoms. The van der Waals surface area contributed by atoms with Gasteiger partial charge in [0.2, 0.25) is 11.8 Å². The van der Waals surface area contributed by atoms with Gasteiger partial charge in [0.25, 0.3) is 0 Å². The maximum absolute atomic E-state index is 12.7. The molecular formula is C13H22N4O3. The van der Waals surface area contributed by atoms with Crippen LogP contribution in [0.1, 0.15) is 25.7 Å². The quantitative estimate of drug-likeness (QED) is 0.534. The summed E-state index contributed by atoms with van der Waals surface area (Å²) in [7, 11) is 0. The summed E-state index contributed by atoms with van der Waals surface area (Å²) in [5.41, 5.74) is 11.0. The maximum Gasteiger partial charge on any atom is 0.246 e. The number of hydrogen-bond donors (Lipinski definition) is 3. The van der Waals surface area contributed by atoms with Crippen LogP contribution in [0.3, 0.4) is 0 Å². The lowest BCUT2D eigenvalue weighted by molar-refractivity contribution is -0.140. The molecule has 2 rings (SSSR count). The molecule has 2 aliphatic heterocycles. The van der Waals surface area contributed by atoms with Crippen LogP contribution in [0.25, 0.3) is 0 Å². The molecule has 4 unspecified atom stereocenters. The highest BCUT2D eigenvalue weighted by Gasteiger charge is 2.44. The molecule has 4 atom stereocenters. The third-order valence-corrected chi connectivity index (χ3v) is 4.37. The molecule has 7 nitrogen and oxygen atoms in total. The van der Waals surface area contributed by atoms with E-state index in [9.17, 15) is 14.4 Å². The standard InChI is InChI=1S/C13H22N4O3/c14-5-8-1-2-9-3-4-10(7-18)17(9)13(20)12(8)16-11(19)6-15/h7-10,12H,1-6,14-15H2,(H,16,19). The highest BCUT2D eigenvalue weighted by Crippen LogP contribution is 2.32. The molecule has 0 aromatic carbocycles. The largest absolute Gasteiger partial charge is 0.343 e. The van der Waals surface area contributed by atoms with Crippen molar-refractivity contribution in [3.8, 4) is 0 Å². The predicted octanol–water partition coefficient (Wildman–Crippen LogP) is -1.64. The fraction of sp³-hybridized carbons (Fsp3) is 0.769. The van der Waals surface area contributed by atoms with Crippen molar-refractivity contribution >= 4 is 18.1 Å². The van der Waals surface area contributed by atoms with E-state index in [-0.39, 0.29) is 36.4 Å². The van der Waals surface area contributed by atoms with Gasteiger partial charge in [-0.1, -0.05) is 0 Å². The van der Waals surface area contributed by atoms with Gasteiger partial charge in [-0.25, -0.2) is 0 Å². The molecule has 0 radical (unpaired) electrons. The predicted molar refractivity (Wildman–Crippen MR) is 72.5 cm³/mol. The minimum Gasteiger partial charge on any atom is -0.343 e. The van der Waals surface area contributed by atoms with Gasteiger partial charge >= 0.3 is 0 Å². The van der Waals surface area contributed by atoms with E-state index in [1.54, 1.807) is 4.90 Å². The van der Waals surface area contributed by atoms with Gasteiger partial charge in [-0.05, 0) is 32.2 Å². The molecule has 7 heteroatoms. The first-order valence-electron chi connectivity index (χ1n) is 7.09. The molecule has 2 aliphatic rings. The van der Waals surface area contributed by atoms with Gasteiger partial charge in [-0.3, -0.25) is 9.59 Å². The van der Waals surface area contributed by atoms with E-state index >= 15 is 0 Å². The van der Waals surface area contributed by atoms with Crippen LogP contribution in [0.2, 0.25) is 0 Å². The summed E-state index contributed by atoms with van der Waals surface area (Å²) in [6.07, 6.45) is 3.95. The Labute approximate surface area is 118 Å². The number of carbonyl (C=O) groups excluding carboxylic acids is 3. The molecule has 5 N–H and O–H groups in total. The van der Waals surface area contributed by atoms with Gasteiger partial charge in [-0.15, -0.1) is 0 Å². The summed E-state index contributed by atoms with van der Waals surface area (Å²) in [5.74, 6) is -0.669. The normalized spacial score (nSPS) is 33.5. The molecule has 2 saturated heterocycles. The number of nitrogens with one attached hydrogen (secondary N) is 1. The van der Waals surface area contributed by atoms with Crippen LogP contribution in [-0.4, -0.2) is 54.2 Å². The van der Waals surface area contributed by atoms with E-state index in [0.29, 0.717) is 13.0 Å². The number of nitrogens with zero attached hydrogens (tertiary/aromatic N) is 1. The van der Waals surface area contributed by atoms with Gasteiger partial charge in [0.15, 0.2) is 0 Å². The van der Waals surface area contributed by atoms with Crippen molar-refractivity contribution in [1.29, 1.82) is 0 Å². The smallest absolute Gasteiger partial charge is 0.246 e. The molecular weight excluding hydrogens is 260 g/mol. The average Bonchev–Trinajstić information content (AvgIpc) is 2.83. The first-order chi connectivity index (χ1) is 9.62. The van der Waals surface area contributed by atoms with Crippen LogP contribution < -0.4 is 16.8 Å². The van der Waals surface area contributed by atoms with Crippen molar-refractivity contribution in [2.24, 2.45) is 17.4 Å². The van der Waals surface area contributed by atoms with Crippen molar-refractivity contribution in [2.45, 2.75) is 43.8 Å². The molecule has 2 heterocycles. The van der Waals surface area contributed by atoms with E-state index in [2.05, 4.69) is 5.32 Å². The molecule has 112 valence electrons. The monoisotopic (exact) mass is 282 g/mol. The van der Waals surface area contributed by atoms with Gasteiger partial charge in [0, 0.05) is 12.0 Å². The summed E-state index contributed by atoms with van der Waals surface area (Å²) in [6.45, 7) is 0.162. The number of carbonyl (C=O) groups is 3. The minimum atomic E-state index is -0.665. The Bertz CT molecular complexity index is 401. The van der Waals surface area contributed by atoms with Crippen LogP contribution in [0, 0.1) is 5.92 Å². The molecule has 2 fully saturated rings. The fourth-order valence-corrected chi connectivity index (χ4v) is 3.27. The molecule has 0 spiro atoms. The molecule has 0 aliphatic carbocycles. The van der Waals surface area contributed by atoms with Crippen LogP contribution in [0.5, 0.6) is 0 Å². The zero-order valence-corrected chi connectivity index (χ0v) is 11.5. The van der Waals surface area contributed by atoms with Crippen LogP contribution >= 0.6 is 0 Å². The molecule has 0 saturated carbocycles. The van der Waals surface area contributed by atoms with E-state index in [1.165, 1.54) is 0 Å². The summed E-state index contributed by atoms with van der Waals surface area (Å²) in [6, 6.07) is -0.950. The lowest BCUT2D eigenvalue weighted by Gasteiger charge is -2.30. The number of aldehydes is 1. The Morgan fingerprint density at radius 1 is 1.30 bits per heavy atom. The minimum absolute atomic E-state index is 0.0894. The summed E-state index contributed by atoms with van der Waals surface area (Å²) < 4.78 is 0. The van der Waals surface area contributed by atoms with Gasteiger partial charge in [-0.2, -0.15) is 0 Å². The Morgan fingerprint density at radius 2 is 2.00 bits per heavy atom. The van der Waals surface area contributed by atoms with E-state index in [0.717, 1.165) is 25.5 Å². The lowest BCUT2D eigenvalue weighted by Crippen LogP contribution is -2.55. The second-order valence-electron chi connectivity index (χ2n) is 5.50. The van der Waals surface area contributed by atoms with Crippen molar-refractivity contribution in [3.05, 3.63) is 0 Å². The number of hydrogen-bond acceptors (Lipinski definition) is 5. The Morgan fingerprint density at radius 3 is 2.60 bits per heavy atom. The van der Waals surface area contributed by atoms with E-state index in [4.69, 9.17) is 11.5 Å². The van der Waals surface area contributed by atoms with Crippen molar-refractivity contribution in [1.82, 2.24) is 10.2 Å². The lowest BCUT2D eigenvalue weighted by atomic mass is 9.93. The molecule has 0 aromatic rings. The Balaban J connectivity index is 2.23. The number of nitrogens with two attached hydrogens (primary N) is 2. The Hall–Kier alpha value is -1.47. The van der Waals surface area contributed by atoms with Crippen LogP contribution in [0.4, 0.5) is 0 Å². The van der Waals surface area contributed by atoms with E-state index in [1.807, 2.05) is 0 Å². The first-order valence-corrected chi connectivity index (χ1v) is 7.09. The number of rotatable bonds is 4. The molecule has 2 amide bonds. The maximum atomic E-state index is 12.7. The van der Waals surface area contributed by atoms with E-state index < -0.39 is 6.04 Å². The van der Waals surface area contributed by atoms with Crippen LogP contribution in [0.15, 0.2) is 0 Å². The molecule has 0 bridgehead atoms. The summed E-state index contributed by atoms with van der Waals surface area (Å²) in [5, 5.41) is 2.67. The zero-order valence-electron chi connectivity index (χ0n) is 11.5. The third kappa shape index (κ3) is 2.69. The highest BCUT2D eigenvalue weighted by molar-refractivity contribution is 5.90. The second-order valence-corrected chi connectivity index (χ2v) is 5.50. The van der Waals surface area contributed by atoms with Crippen LogP contribution in [-0.2, 0) is 14.4 Å².